The Balaban J connectivity index is 1.74. The van der Waals surface area contributed by atoms with Gasteiger partial charge >= 0.3 is 6.18 Å². The molecular formula is C25H28ClF5N4O3. The molecule has 0 radical (unpaired) electrons. The molecule has 0 aliphatic carbocycles. The van der Waals surface area contributed by atoms with Gasteiger partial charge in [0, 0.05) is 56.5 Å². The molecule has 2 N–H and O–H groups in total. The zero-order valence-electron chi connectivity index (χ0n) is 20.8. The van der Waals surface area contributed by atoms with E-state index in [0.29, 0.717) is 30.3 Å². The zero-order chi connectivity index (χ0) is 28.0. The Morgan fingerprint density at radius 2 is 1.87 bits per heavy atom. The summed E-state index contributed by atoms with van der Waals surface area (Å²) in [6.07, 6.45) is -5.14. The first kappa shape index (κ1) is 29.6. The standard InChI is InChI=1S/C25H28ClF5N4O3/c1-15-13-34(8-7-25(29,30)31)9-10-35(15)20-11-17(26)4-6-19(20)33-24(37)18-5-3-16(22(27)23(18)28)12-32-21(36)14-38-2/h3-6,11,15H,7-10,12-14H2,1-2H3,(H,32,36)(H,33,37)/t15-/m1/s1. The fraction of sp³-hybridized carbons (Fsp3) is 0.440. The van der Waals surface area contributed by atoms with Crippen LogP contribution in [0, 0.1) is 11.6 Å². The molecule has 1 aliphatic rings. The van der Waals surface area contributed by atoms with Gasteiger partial charge in [-0.3, -0.25) is 14.5 Å². The molecule has 0 unspecified atom stereocenters. The van der Waals surface area contributed by atoms with Crippen molar-refractivity contribution < 1.29 is 36.3 Å². The molecule has 0 aromatic heterocycles. The van der Waals surface area contributed by atoms with Gasteiger partial charge in [-0.15, -0.1) is 0 Å². The third-order valence-corrected chi connectivity index (χ3v) is 6.33. The van der Waals surface area contributed by atoms with Crippen LogP contribution < -0.4 is 15.5 Å². The van der Waals surface area contributed by atoms with Crippen molar-refractivity contribution >= 4 is 34.8 Å². The predicted octanol–water partition coefficient (Wildman–Crippen LogP) is 4.60. The maximum atomic E-state index is 14.8. The normalized spacial score (nSPS) is 16.4. The van der Waals surface area contributed by atoms with Gasteiger partial charge in [-0.1, -0.05) is 17.7 Å². The third kappa shape index (κ3) is 7.78. The summed E-state index contributed by atoms with van der Waals surface area (Å²) >= 11 is 6.18. The number of piperazine rings is 1. The van der Waals surface area contributed by atoms with Crippen LogP contribution in [0.3, 0.4) is 0 Å². The lowest BCUT2D eigenvalue weighted by Crippen LogP contribution is -2.52. The highest BCUT2D eigenvalue weighted by atomic mass is 35.5. The number of ether oxygens (including phenoxy) is 1. The number of carbonyl (C=O) groups is 2. The summed E-state index contributed by atoms with van der Waals surface area (Å²) in [5.41, 5.74) is 0.103. The number of hydrogen-bond acceptors (Lipinski definition) is 5. The lowest BCUT2D eigenvalue weighted by atomic mass is 10.1. The van der Waals surface area contributed by atoms with Crippen molar-refractivity contribution in [2.45, 2.75) is 32.1 Å². The summed E-state index contributed by atoms with van der Waals surface area (Å²) in [6, 6.07) is 6.74. The highest BCUT2D eigenvalue weighted by Gasteiger charge is 2.31. The number of benzene rings is 2. The van der Waals surface area contributed by atoms with Crippen LogP contribution in [-0.4, -0.2) is 68.8 Å². The highest BCUT2D eigenvalue weighted by Crippen LogP contribution is 2.33. The van der Waals surface area contributed by atoms with E-state index in [-0.39, 0.29) is 37.0 Å². The first-order valence-corrected chi connectivity index (χ1v) is 12.2. The molecular weight excluding hydrogens is 535 g/mol. The molecule has 0 bridgehead atoms. The van der Waals surface area contributed by atoms with Crippen LogP contribution in [0.15, 0.2) is 30.3 Å². The van der Waals surface area contributed by atoms with Crippen LogP contribution in [0.2, 0.25) is 5.02 Å². The highest BCUT2D eigenvalue weighted by molar-refractivity contribution is 6.31. The average Bonchev–Trinajstić information content (AvgIpc) is 2.84. The van der Waals surface area contributed by atoms with Crippen molar-refractivity contribution in [3.8, 4) is 0 Å². The van der Waals surface area contributed by atoms with E-state index in [1.807, 2.05) is 11.8 Å². The molecule has 208 valence electrons. The van der Waals surface area contributed by atoms with Gasteiger partial charge in [0.15, 0.2) is 11.6 Å². The molecule has 1 saturated heterocycles. The third-order valence-electron chi connectivity index (χ3n) is 6.10. The Hall–Kier alpha value is -2.96. The Bertz CT molecular complexity index is 1160. The van der Waals surface area contributed by atoms with Crippen LogP contribution >= 0.6 is 11.6 Å². The average molecular weight is 563 g/mol. The number of carbonyl (C=O) groups excluding carboxylic acids is 2. The van der Waals surface area contributed by atoms with E-state index in [4.69, 9.17) is 11.6 Å². The minimum absolute atomic E-state index is 0.113. The Morgan fingerprint density at radius 3 is 2.53 bits per heavy atom. The zero-order valence-corrected chi connectivity index (χ0v) is 21.6. The van der Waals surface area contributed by atoms with Crippen molar-refractivity contribution in [3.05, 3.63) is 58.1 Å². The van der Waals surface area contributed by atoms with E-state index in [1.165, 1.54) is 25.3 Å². The van der Waals surface area contributed by atoms with E-state index in [1.54, 1.807) is 11.0 Å². The molecule has 0 saturated carbocycles. The minimum atomic E-state index is -4.24. The monoisotopic (exact) mass is 562 g/mol. The van der Waals surface area contributed by atoms with Crippen molar-refractivity contribution in [2.24, 2.45) is 0 Å². The van der Waals surface area contributed by atoms with E-state index in [0.717, 1.165) is 6.07 Å². The lowest BCUT2D eigenvalue weighted by molar-refractivity contribution is -0.138. The number of nitrogens with zero attached hydrogens (tertiary/aromatic N) is 2. The topological polar surface area (TPSA) is 73.9 Å². The molecule has 38 heavy (non-hydrogen) atoms. The maximum Gasteiger partial charge on any atom is 0.390 e. The fourth-order valence-corrected chi connectivity index (χ4v) is 4.36. The number of amides is 2. The van der Waals surface area contributed by atoms with Crippen molar-refractivity contribution in [1.82, 2.24) is 10.2 Å². The summed E-state index contributed by atoms with van der Waals surface area (Å²) in [7, 11) is 1.32. The molecule has 13 heteroatoms. The van der Waals surface area contributed by atoms with Gasteiger partial charge in [-0.2, -0.15) is 13.2 Å². The van der Waals surface area contributed by atoms with Gasteiger partial charge < -0.3 is 20.3 Å². The Kier molecular flexibility index (Phi) is 9.91. The van der Waals surface area contributed by atoms with Gasteiger partial charge in [0.05, 0.1) is 23.4 Å². The number of methoxy groups -OCH3 is 1. The number of anilines is 2. The van der Waals surface area contributed by atoms with Crippen molar-refractivity contribution in [2.75, 3.05) is 50.1 Å². The Morgan fingerprint density at radius 1 is 1.13 bits per heavy atom. The van der Waals surface area contributed by atoms with E-state index >= 15 is 0 Å². The van der Waals surface area contributed by atoms with Crippen LogP contribution in [0.1, 0.15) is 29.3 Å². The molecule has 1 atom stereocenters. The van der Waals surface area contributed by atoms with Crippen molar-refractivity contribution in [1.29, 1.82) is 0 Å². The summed E-state index contributed by atoms with van der Waals surface area (Å²) in [4.78, 5) is 28.0. The summed E-state index contributed by atoms with van der Waals surface area (Å²) in [6.45, 7) is 2.29. The fourth-order valence-electron chi connectivity index (χ4n) is 4.19. The smallest absolute Gasteiger partial charge is 0.375 e. The molecule has 1 aliphatic heterocycles. The van der Waals surface area contributed by atoms with Crippen LogP contribution in [-0.2, 0) is 16.1 Å². The van der Waals surface area contributed by atoms with Gasteiger partial charge in [0.1, 0.15) is 6.61 Å². The molecule has 2 aromatic carbocycles. The first-order chi connectivity index (χ1) is 17.9. The second-order valence-electron chi connectivity index (χ2n) is 8.93. The number of halogens is 6. The van der Waals surface area contributed by atoms with Gasteiger partial charge in [0.2, 0.25) is 5.91 Å². The summed E-state index contributed by atoms with van der Waals surface area (Å²) in [5.74, 6) is -4.06. The van der Waals surface area contributed by atoms with Crippen LogP contribution in [0.4, 0.5) is 33.3 Å². The lowest BCUT2D eigenvalue weighted by Gasteiger charge is -2.42. The van der Waals surface area contributed by atoms with Gasteiger partial charge in [0.25, 0.3) is 5.91 Å². The summed E-state index contributed by atoms with van der Waals surface area (Å²) in [5, 5.41) is 5.33. The van der Waals surface area contributed by atoms with Gasteiger partial charge in [-0.25, -0.2) is 8.78 Å². The SMILES string of the molecule is COCC(=O)NCc1ccc(C(=O)Nc2ccc(Cl)cc2N2CCN(CCC(F)(F)F)C[C@H]2C)c(F)c1F. The molecule has 1 fully saturated rings. The van der Waals surface area contributed by atoms with Crippen LogP contribution in [0.5, 0.6) is 0 Å². The molecule has 1 heterocycles. The number of hydrogen-bond donors (Lipinski definition) is 2. The van der Waals surface area contributed by atoms with Gasteiger partial charge in [-0.05, 0) is 31.2 Å². The predicted molar refractivity (Wildman–Crippen MR) is 133 cm³/mol. The number of rotatable bonds is 9. The maximum absolute atomic E-state index is 14.8. The number of alkyl halides is 3. The molecule has 0 spiro atoms. The van der Waals surface area contributed by atoms with Crippen molar-refractivity contribution in [3.63, 3.8) is 0 Å². The summed E-state index contributed by atoms with van der Waals surface area (Å²) < 4.78 is 71.9. The van der Waals surface area contributed by atoms with E-state index in [2.05, 4.69) is 15.4 Å². The largest absolute Gasteiger partial charge is 0.390 e. The second kappa shape index (κ2) is 12.7. The van der Waals surface area contributed by atoms with Crippen LogP contribution in [0.25, 0.3) is 0 Å². The quantitative estimate of drug-likeness (QED) is 0.437. The molecule has 3 rings (SSSR count). The second-order valence-corrected chi connectivity index (χ2v) is 9.37. The molecule has 2 aromatic rings. The molecule has 2 amide bonds. The molecule has 7 nitrogen and oxygen atoms in total. The van der Waals surface area contributed by atoms with E-state index < -0.39 is 41.6 Å². The first-order valence-electron chi connectivity index (χ1n) is 11.8. The Labute approximate surface area is 221 Å². The number of nitrogens with one attached hydrogen (secondary N) is 2. The minimum Gasteiger partial charge on any atom is -0.375 e. The van der Waals surface area contributed by atoms with E-state index in [9.17, 15) is 31.5 Å².